The lowest BCUT2D eigenvalue weighted by Crippen LogP contribution is -2.63. The summed E-state index contributed by atoms with van der Waals surface area (Å²) < 4.78 is 48.9. The van der Waals surface area contributed by atoms with Crippen molar-refractivity contribution in [3.05, 3.63) is 46.8 Å². The molecule has 1 saturated heterocycles. The van der Waals surface area contributed by atoms with Gasteiger partial charge in [0.1, 0.15) is 5.54 Å². The first-order valence-electron chi connectivity index (χ1n) is 14.3. The standard InChI is InChI=1S/C30H33F3N4O4/c1-16-3-4-22-21(9-16)28(5-7-41-8-6-28)15-37(22)26-34-14-20(23(35-26)30(31,32)33)24(38)36-29(25(39)40)13-18-10-17-11-19(29)12-27(17,18)2/h3-4,9,14,17-19H,5-8,10-13,15H2,1-2H3,(H,36,38)(H,39,40). The summed E-state index contributed by atoms with van der Waals surface area (Å²) in [5, 5.41) is 12.9. The van der Waals surface area contributed by atoms with Gasteiger partial charge in [-0.2, -0.15) is 13.2 Å². The molecule has 5 atom stereocenters. The fourth-order valence-corrected chi connectivity index (χ4v) is 8.73. The number of carboxylic acids is 1. The largest absolute Gasteiger partial charge is 0.479 e. The normalized spacial score (nSPS) is 32.9. The minimum absolute atomic E-state index is 0.0581. The minimum atomic E-state index is -4.95. The van der Waals surface area contributed by atoms with E-state index >= 15 is 0 Å². The summed E-state index contributed by atoms with van der Waals surface area (Å²) in [6.45, 7) is 5.66. The summed E-state index contributed by atoms with van der Waals surface area (Å²) in [6, 6.07) is 5.86. The molecule has 2 bridgehead atoms. The molecule has 1 spiro atoms. The van der Waals surface area contributed by atoms with Crippen molar-refractivity contribution in [3.63, 3.8) is 0 Å². The quantitative estimate of drug-likeness (QED) is 0.532. The van der Waals surface area contributed by atoms with Crippen LogP contribution in [0, 0.1) is 30.1 Å². The van der Waals surface area contributed by atoms with Crippen molar-refractivity contribution in [1.82, 2.24) is 15.3 Å². The number of amides is 1. The molecule has 2 N–H and O–H groups in total. The van der Waals surface area contributed by atoms with E-state index < -0.39 is 34.8 Å². The lowest BCUT2D eigenvalue weighted by Gasteiger charge is -2.55. The molecule has 3 heterocycles. The number of anilines is 2. The first-order valence-corrected chi connectivity index (χ1v) is 14.3. The number of nitrogens with zero attached hydrogens (tertiary/aromatic N) is 3. The Hall–Kier alpha value is -3.21. The molecule has 2 aliphatic heterocycles. The molecule has 2 aromatic rings. The van der Waals surface area contributed by atoms with Crippen molar-refractivity contribution in [1.29, 1.82) is 0 Å². The molecular weight excluding hydrogens is 537 g/mol. The Morgan fingerprint density at radius 3 is 2.56 bits per heavy atom. The Bertz CT molecular complexity index is 1460. The molecule has 3 saturated carbocycles. The maximum atomic E-state index is 14.5. The molecular formula is C30H33F3N4O4. The van der Waals surface area contributed by atoms with Gasteiger partial charge in [0.05, 0.1) is 5.56 Å². The summed E-state index contributed by atoms with van der Waals surface area (Å²) >= 11 is 0. The number of ether oxygens (including phenoxy) is 1. The molecule has 1 amide bonds. The maximum absolute atomic E-state index is 14.5. The first-order chi connectivity index (χ1) is 19.4. The molecule has 41 heavy (non-hydrogen) atoms. The number of halogens is 3. The third kappa shape index (κ3) is 3.76. The van der Waals surface area contributed by atoms with Gasteiger partial charge in [0.2, 0.25) is 5.95 Å². The molecule has 3 aliphatic carbocycles. The van der Waals surface area contributed by atoms with Crippen molar-refractivity contribution in [3.8, 4) is 0 Å². The Kier molecular flexibility index (Phi) is 5.63. The maximum Gasteiger partial charge on any atom is 0.434 e. The Morgan fingerprint density at radius 1 is 1.12 bits per heavy atom. The van der Waals surface area contributed by atoms with Crippen molar-refractivity contribution >= 4 is 23.5 Å². The number of hydrogen-bond donors (Lipinski definition) is 2. The van der Waals surface area contributed by atoms with E-state index in [1.165, 1.54) is 0 Å². The number of aromatic nitrogens is 2. The van der Waals surface area contributed by atoms with Crippen LogP contribution in [0.25, 0.3) is 0 Å². The van der Waals surface area contributed by atoms with Crippen LogP contribution in [0.3, 0.4) is 0 Å². The molecule has 5 unspecified atom stereocenters. The highest BCUT2D eigenvalue weighted by Gasteiger charge is 2.68. The summed E-state index contributed by atoms with van der Waals surface area (Å²) in [5.74, 6) is -2.23. The van der Waals surface area contributed by atoms with Crippen LogP contribution in [0.4, 0.5) is 24.8 Å². The van der Waals surface area contributed by atoms with E-state index in [-0.39, 0.29) is 35.0 Å². The third-order valence-electron chi connectivity index (χ3n) is 11.1. The van der Waals surface area contributed by atoms with Gasteiger partial charge in [-0.25, -0.2) is 14.8 Å². The van der Waals surface area contributed by atoms with E-state index in [0.717, 1.165) is 42.3 Å². The van der Waals surface area contributed by atoms with E-state index in [2.05, 4.69) is 28.3 Å². The van der Waals surface area contributed by atoms with Crippen molar-refractivity contribution in [2.45, 2.75) is 69.5 Å². The van der Waals surface area contributed by atoms with Crippen LogP contribution < -0.4 is 10.2 Å². The first kappa shape index (κ1) is 26.7. The number of carbonyl (C=O) groups excluding carboxylic acids is 1. The molecule has 1 aromatic heterocycles. The summed E-state index contributed by atoms with van der Waals surface area (Å²) in [7, 11) is 0. The van der Waals surface area contributed by atoms with Gasteiger partial charge in [0.15, 0.2) is 5.69 Å². The van der Waals surface area contributed by atoms with E-state index in [1.54, 1.807) is 4.90 Å². The van der Waals surface area contributed by atoms with Crippen LogP contribution in [0.2, 0.25) is 0 Å². The average molecular weight is 571 g/mol. The lowest BCUT2D eigenvalue weighted by atomic mass is 9.50. The predicted molar refractivity (Wildman–Crippen MR) is 142 cm³/mol. The van der Waals surface area contributed by atoms with Crippen LogP contribution in [-0.4, -0.2) is 52.2 Å². The zero-order chi connectivity index (χ0) is 28.9. The molecule has 7 rings (SSSR count). The number of aliphatic carboxylic acids is 1. The lowest BCUT2D eigenvalue weighted by molar-refractivity contribution is -0.152. The van der Waals surface area contributed by atoms with Crippen LogP contribution in [0.15, 0.2) is 24.4 Å². The highest BCUT2D eigenvalue weighted by molar-refractivity contribution is 5.99. The van der Waals surface area contributed by atoms with Crippen molar-refractivity contribution in [2.24, 2.45) is 23.2 Å². The van der Waals surface area contributed by atoms with Gasteiger partial charge in [-0.15, -0.1) is 0 Å². The van der Waals surface area contributed by atoms with Crippen LogP contribution >= 0.6 is 0 Å². The molecule has 1 aromatic carbocycles. The van der Waals surface area contributed by atoms with E-state index in [4.69, 9.17) is 4.74 Å². The molecule has 11 heteroatoms. The summed E-state index contributed by atoms with van der Waals surface area (Å²) in [4.78, 5) is 36.0. The van der Waals surface area contributed by atoms with Gasteiger partial charge >= 0.3 is 12.1 Å². The summed E-state index contributed by atoms with van der Waals surface area (Å²) in [6.07, 6.45) is -0.167. The molecule has 8 nitrogen and oxygen atoms in total. The number of carboxylic acid groups (broad SMARTS) is 1. The number of hydrogen-bond acceptors (Lipinski definition) is 6. The highest BCUT2D eigenvalue weighted by atomic mass is 19.4. The summed E-state index contributed by atoms with van der Waals surface area (Å²) in [5.41, 5.74) is -1.11. The van der Waals surface area contributed by atoms with Gasteiger partial charge in [0, 0.05) is 37.1 Å². The number of aryl methyl sites for hydroxylation is 1. The third-order valence-corrected chi connectivity index (χ3v) is 11.1. The highest BCUT2D eigenvalue weighted by Crippen LogP contribution is 2.70. The average Bonchev–Trinajstić information content (AvgIpc) is 3.25. The van der Waals surface area contributed by atoms with Gasteiger partial charge in [-0.3, -0.25) is 4.79 Å². The van der Waals surface area contributed by atoms with E-state index in [1.807, 2.05) is 19.1 Å². The molecule has 218 valence electrons. The minimum Gasteiger partial charge on any atom is -0.479 e. The number of fused-ring (bicyclic) bond motifs is 3. The Balaban J connectivity index is 1.24. The second-order valence-corrected chi connectivity index (χ2v) is 13.1. The second-order valence-electron chi connectivity index (χ2n) is 13.1. The number of alkyl halides is 3. The van der Waals surface area contributed by atoms with Crippen LogP contribution in [0.1, 0.15) is 72.6 Å². The van der Waals surface area contributed by atoms with Gasteiger partial charge < -0.3 is 20.1 Å². The van der Waals surface area contributed by atoms with Crippen LogP contribution in [-0.2, 0) is 21.1 Å². The van der Waals surface area contributed by atoms with Gasteiger partial charge in [-0.05, 0) is 80.2 Å². The number of benzene rings is 1. The SMILES string of the molecule is Cc1ccc2c(c1)C1(CCOCC1)CN2c1ncc(C(=O)NC2(C(=O)O)CC3CC4CC2CC43C)c(C(F)(F)F)n1. The van der Waals surface area contributed by atoms with E-state index in [9.17, 15) is 27.9 Å². The van der Waals surface area contributed by atoms with Gasteiger partial charge in [0.25, 0.3) is 5.91 Å². The van der Waals surface area contributed by atoms with Gasteiger partial charge in [-0.1, -0.05) is 24.6 Å². The number of rotatable bonds is 4. The number of carbonyl (C=O) groups is 2. The predicted octanol–water partition coefficient (Wildman–Crippen LogP) is 5.01. The molecule has 4 fully saturated rings. The fraction of sp³-hybridized carbons (Fsp3) is 0.600. The second kappa shape index (κ2) is 8.65. The topological polar surface area (TPSA) is 105 Å². The Morgan fingerprint density at radius 2 is 1.85 bits per heavy atom. The molecule has 5 aliphatic rings. The zero-order valence-corrected chi connectivity index (χ0v) is 23.1. The molecule has 0 radical (unpaired) electrons. The van der Waals surface area contributed by atoms with Crippen molar-refractivity contribution in [2.75, 3.05) is 24.7 Å². The monoisotopic (exact) mass is 570 g/mol. The van der Waals surface area contributed by atoms with Crippen LogP contribution in [0.5, 0.6) is 0 Å². The number of nitrogens with one attached hydrogen (secondary N) is 1. The van der Waals surface area contributed by atoms with Crippen molar-refractivity contribution < 1.29 is 32.6 Å². The smallest absolute Gasteiger partial charge is 0.434 e. The Labute approximate surface area is 235 Å². The zero-order valence-electron chi connectivity index (χ0n) is 23.1. The fourth-order valence-electron chi connectivity index (χ4n) is 8.73. The van der Waals surface area contributed by atoms with E-state index in [0.29, 0.717) is 38.5 Å².